The third-order valence-electron chi connectivity index (χ3n) is 3.97. The molecule has 2 heterocycles. The van der Waals surface area contributed by atoms with Gasteiger partial charge in [-0.25, -0.2) is 9.97 Å². The fourth-order valence-corrected chi connectivity index (χ4v) is 2.87. The molecule has 1 amide bonds. The molecule has 4 aromatic rings. The molecule has 2 aromatic heterocycles. The van der Waals surface area contributed by atoms with Crippen LogP contribution in [0.3, 0.4) is 0 Å². The number of nitrogens with zero attached hydrogens (tertiary/aromatic N) is 3. The van der Waals surface area contributed by atoms with E-state index < -0.39 is 0 Å². The van der Waals surface area contributed by atoms with Crippen molar-refractivity contribution in [2.75, 3.05) is 16.4 Å². The number of fused-ring (bicyclic) bond motifs is 1. The number of nitrogens with two attached hydrogens (primary N) is 1. The third-order valence-corrected chi connectivity index (χ3v) is 3.97. The molecule has 0 aliphatic carbocycles. The molecule has 0 atom stereocenters. The summed E-state index contributed by atoms with van der Waals surface area (Å²) >= 11 is 0. The monoisotopic (exact) mass is 359 g/mol. The van der Waals surface area contributed by atoms with Crippen LogP contribution in [0.5, 0.6) is 0 Å². The van der Waals surface area contributed by atoms with Gasteiger partial charge in [0, 0.05) is 29.5 Å². The van der Waals surface area contributed by atoms with Gasteiger partial charge in [0.25, 0.3) is 0 Å². The number of H-pyrrole nitrogens is 1. The van der Waals surface area contributed by atoms with E-state index in [0.29, 0.717) is 22.8 Å². The number of anilines is 4. The number of benzene rings is 2. The van der Waals surface area contributed by atoms with E-state index in [2.05, 4.69) is 30.8 Å². The number of amides is 1. The summed E-state index contributed by atoms with van der Waals surface area (Å²) in [5, 5.41) is 14.1. The summed E-state index contributed by atoms with van der Waals surface area (Å²) in [6.45, 7) is 1.47. The van der Waals surface area contributed by atoms with Crippen LogP contribution in [0.25, 0.3) is 22.3 Å². The maximum Gasteiger partial charge on any atom is 0.221 e. The van der Waals surface area contributed by atoms with Crippen molar-refractivity contribution in [1.29, 1.82) is 0 Å². The predicted octanol–water partition coefficient (Wildman–Crippen LogP) is 3.30. The molecule has 0 spiro atoms. The van der Waals surface area contributed by atoms with E-state index in [1.807, 2.05) is 48.5 Å². The first-order valence-corrected chi connectivity index (χ1v) is 8.30. The van der Waals surface area contributed by atoms with Crippen LogP contribution < -0.4 is 16.4 Å². The SMILES string of the molecule is CC(=O)Nc1cccc(Nc2ncnc3n[nH]c(-c4cccc(N)c4)c23)c1. The van der Waals surface area contributed by atoms with Crippen LogP contribution in [-0.4, -0.2) is 26.1 Å². The van der Waals surface area contributed by atoms with Crippen LogP contribution >= 0.6 is 0 Å². The second kappa shape index (κ2) is 6.75. The normalized spacial score (nSPS) is 10.7. The molecule has 0 saturated carbocycles. The first kappa shape index (κ1) is 16.5. The van der Waals surface area contributed by atoms with Gasteiger partial charge in [0.2, 0.25) is 5.91 Å². The fraction of sp³-hybridized carbons (Fsp3) is 0.0526. The average molecular weight is 359 g/mol. The van der Waals surface area contributed by atoms with Crippen LogP contribution in [0.15, 0.2) is 54.9 Å². The van der Waals surface area contributed by atoms with Crippen LogP contribution in [0.2, 0.25) is 0 Å². The Morgan fingerprint density at radius 3 is 2.70 bits per heavy atom. The number of carbonyl (C=O) groups excluding carboxylic acids is 1. The molecule has 2 aromatic carbocycles. The number of aromatic nitrogens is 4. The molecule has 0 aliphatic heterocycles. The van der Waals surface area contributed by atoms with Crippen molar-refractivity contribution in [1.82, 2.24) is 20.2 Å². The lowest BCUT2D eigenvalue weighted by Gasteiger charge is -2.10. The summed E-state index contributed by atoms with van der Waals surface area (Å²) in [7, 11) is 0. The summed E-state index contributed by atoms with van der Waals surface area (Å²) < 4.78 is 0. The predicted molar refractivity (Wildman–Crippen MR) is 106 cm³/mol. The number of hydrogen-bond donors (Lipinski definition) is 4. The van der Waals surface area contributed by atoms with Gasteiger partial charge in [0.05, 0.1) is 11.1 Å². The number of nitrogens with one attached hydrogen (secondary N) is 3. The molecule has 5 N–H and O–H groups in total. The highest BCUT2D eigenvalue weighted by Gasteiger charge is 2.14. The zero-order valence-corrected chi connectivity index (χ0v) is 14.5. The number of aromatic amines is 1. The van der Waals surface area contributed by atoms with Crippen LogP contribution in [-0.2, 0) is 4.79 Å². The number of hydrogen-bond acceptors (Lipinski definition) is 6. The maximum atomic E-state index is 11.3. The van der Waals surface area contributed by atoms with Gasteiger partial charge in [-0.15, -0.1) is 0 Å². The van der Waals surface area contributed by atoms with Crippen molar-refractivity contribution in [3.8, 4) is 11.3 Å². The highest BCUT2D eigenvalue weighted by Crippen LogP contribution is 2.32. The summed E-state index contributed by atoms with van der Waals surface area (Å²) in [4.78, 5) is 19.9. The Kier molecular flexibility index (Phi) is 4.13. The molecule has 8 heteroatoms. The Morgan fingerprint density at radius 1 is 1.07 bits per heavy atom. The molecule has 0 aliphatic rings. The smallest absolute Gasteiger partial charge is 0.221 e. The van der Waals surface area contributed by atoms with Crippen LogP contribution in [0, 0.1) is 0 Å². The zero-order valence-electron chi connectivity index (χ0n) is 14.5. The molecule has 0 unspecified atom stereocenters. The molecule has 134 valence electrons. The van der Waals surface area contributed by atoms with Crippen molar-refractivity contribution in [2.24, 2.45) is 0 Å². The number of carbonyl (C=O) groups is 1. The molecule has 0 radical (unpaired) electrons. The lowest BCUT2D eigenvalue weighted by Crippen LogP contribution is -2.05. The zero-order chi connectivity index (χ0) is 18.8. The third kappa shape index (κ3) is 3.40. The second-order valence-corrected chi connectivity index (χ2v) is 6.03. The van der Waals surface area contributed by atoms with E-state index >= 15 is 0 Å². The van der Waals surface area contributed by atoms with E-state index in [1.54, 1.807) is 0 Å². The van der Waals surface area contributed by atoms with Gasteiger partial charge in [-0.1, -0.05) is 18.2 Å². The molecule has 4 rings (SSSR count). The molecule has 0 bridgehead atoms. The van der Waals surface area contributed by atoms with Crippen molar-refractivity contribution >= 4 is 39.8 Å². The summed E-state index contributed by atoms with van der Waals surface area (Å²) in [5.41, 5.74) is 10.3. The van der Waals surface area contributed by atoms with Gasteiger partial charge < -0.3 is 16.4 Å². The van der Waals surface area contributed by atoms with Crippen molar-refractivity contribution in [2.45, 2.75) is 6.92 Å². The minimum Gasteiger partial charge on any atom is -0.399 e. The van der Waals surface area contributed by atoms with Crippen LogP contribution in [0.4, 0.5) is 22.9 Å². The van der Waals surface area contributed by atoms with Gasteiger partial charge in [-0.3, -0.25) is 9.89 Å². The Labute approximate surface area is 154 Å². The Balaban J connectivity index is 1.77. The molecule has 8 nitrogen and oxygen atoms in total. The minimum atomic E-state index is -0.129. The van der Waals surface area contributed by atoms with Gasteiger partial charge >= 0.3 is 0 Å². The second-order valence-electron chi connectivity index (χ2n) is 6.03. The average Bonchev–Trinajstić information content (AvgIpc) is 3.07. The maximum absolute atomic E-state index is 11.3. The Morgan fingerprint density at radius 2 is 1.89 bits per heavy atom. The molecular formula is C19H17N7O. The first-order chi connectivity index (χ1) is 13.1. The highest BCUT2D eigenvalue weighted by atomic mass is 16.1. The van der Waals surface area contributed by atoms with E-state index in [4.69, 9.17) is 5.73 Å². The lowest BCUT2D eigenvalue weighted by molar-refractivity contribution is -0.114. The Hall–Kier alpha value is -3.94. The highest BCUT2D eigenvalue weighted by molar-refractivity contribution is 6.00. The molecule has 0 saturated heterocycles. The van der Waals surface area contributed by atoms with Crippen LogP contribution in [0.1, 0.15) is 6.92 Å². The van der Waals surface area contributed by atoms with Crippen molar-refractivity contribution in [3.05, 3.63) is 54.9 Å². The molecule has 0 fully saturated rings. The van der Waals surface area contributed by atoms with Gasteiger partial charge in [0.1, 0.15) is 12.1 Å². The standard InChI is InChI=1S/C19H17N7O/c1-11(27)23-14-6-3-7-15(9-14)24-18-16-17(12-4-2-5-13(20)8-12)25-26-19(16)22-10-21-18/h2-10H,20H2,1H3,(H,23,27)(H2,21,22,24,25,26). The van der Waals surface area contributed by atoms with E-state index in [-0.39, 0.29) is 5.91 Å². The van der Waals surface area contributed by atoms with Gasteiger partial charge in [-0.2, -0.15) is 5.10 Å². The summed E-state index contributed by atoms with van der Waals surface area (Å²) in [5.74, 6) is 0.474. The molecule has 27 heavy (non-hydrogen) atoms. The van der Waals surface area contributed by atoms with E-state index in [1.165, 1.54) is 13.3 Å². The van der Waals surface area contributed by atoms with Crippen molar-refractivity contribution in [3.63, 3.8) is 0 Å². The minimum absolute atomic E-state index is 0.129. The quantitative estimate of drug-likeness (QED) is 0.415. The van der Waals surface area contributed by atoms with E-state index in [9.17, 15) is 4.79 Å². The lowest BCUT2D eigenvalue weighted by atomic mass is 10.1. The topological polar surface area (TPSA) is 122 Å². The largest absolute Gasteiger partial charge is 0.399 e. The summed E-state index contributed by atoms with van der Waals surface area (Å²) in [6.07, 6.45) is 1.45. The number of nitrogen functional groups attached to an aromatic ring is 1. The summed E-state index contributed by atoms with van der Waals surface area (Å²) in [6, 6.07) is 14.9. The first-order valence-electron chi connectivity index (χ1n) is 8.30. The van der Waals surface area contributed by atoms with Crippen molar-refractivity contribution < 1.29 is 4.79 Å². The van der Waals surface area contributed by atoms with Gasteiger partial charge in [0.15, 0.2) is 5.65 Å². The fourth-order valence-electron chi connectivity index (χ4n) is 2.87. The van der Waals surface area contributed by atoms with E-state index in [0.717, 1.165) is 22.3 Å². The van der Waals surface area contributed by atoms with Gasteiger partial charge in [-0.05, 0) is 30.3 Å². The number of rotatable bonds is 4. The molecular weight excluding hydrogens is 342 g/mol. The Bertz CT molecular complexity index is 1140.